The fraction of sp³-hybridized carbons (Fsp3) is 0.333. The van der Waals surface area contributed by atoms with Crippen molar-refractivity contribution >= 4 is 0 Å². The fourth-order valence-corrected chi connectivity index (χ4v) is 3.58. The number of benzene rings is 1. The van der Waals surface area contributed by atoms with E-state index >= 15 is 0 Å². The Kier molecular flexibility index (Phi) is 5.09. The zero-order chi connectivity index (χ0) is 19.7. The van der Waals surface area contributed by atoms with Gasteiger partial charge in [0, 0.05) is 29.8 Å². The summed E-state index contributed by atoms with van der Waals surface area (Å²) < 4.78 is 39.8. The largest absolute Gasteiger partial charge is 0.494 e. The molecule has 1 aliphatic heterocycles. The Morgan fingerprint density at radius 3 is 2.93 bits per heavy atom. The van der Waals surface area contributed by atoms with Crippen LogP contribution in [0.25, 0.3) is 16.9 Å². The molecule has 2 aromatic heterocycles. The lowest BCUT2D eigenvalue weighted by Crippen LogP contribution is -2.13. The van der Waals surface area contributed by atoms with Gasteiger partial charge in [0.25, 0.3) is 0 Å². The van der Waals surface area contributed by atoms with E-state index < -0.39 is 12.5 Å². The summed E-state index contributed by atoms with van der Waals surface area (Å²) in [5.74, 6) is -0.270. The summed E-state index contributed by atoms with van der Waals surface area (Å²) in [4.78, 5) is 4.03. The molecule has 3 aromatic rings. The normalized spacial score (nSPS) is 16.5. The van der Waals surface area contributed by atoms with Crippen LogP contribution in [0.1, 0.15) is 23.9 Å². The first-order valence-electron chi connectivity index (χ1n) is 9.18. The predicted molar refractivity (Wildman–Crippen MR) is 101 cm³/mol. The molecule has 1 aliphatic rings. The zero-order valence-electron chi connectivity index (χ0n) is 15.8. The van der Waals surface area contributed by atoms with E-state index in [1.54, 1.807) is 24.4 Å². The maximum Gasteiger partial charge on any atom is 0.165 e. The average Bonchev–Trinajstić information content (AvgIpc) is 2.95. The molecule has 5 nitrogen and oxygen atoms in total. The van der Waals surface area contributed by atoms with Crippen LogP contribution in [0.4, 0.5) is 8.78 Å². The highest BCUT2D eigenvalue weighted by atomic mass is 19.1. The molecule has 7 heteroatoms. The molecule has 0 radical (unpaired) electrons. The summed E-state index contributed by atoms with van der Waals surface area (Å²) in [6, 6.07) is 8.21. The number of fused-ring (bicyclic) bond motifs is 1. The molecular weight excluding hydrogens is 364 g/mol. The van der Waals surface area contributed by atoms with Gasteiger partial charge in [-0.1, -0.05) is 0 Å². The van der Waals surface area contributed by atoms with Gasteiger partial charge in [0.2, 0.25) is 0 Å². The number of pyridine rings is 1. The van der Waals surface area contributed by atoms with E-state index in [4.69, 9.17) is 14.6 Å². The van der Waals surface area contributed by atoms with Crippen LogP contribution >= 0.6 is 0 Å². The van der Waals surface area contributed by atoms with E-state index in [1.165, 1.54) is 13.2 Å². The van der Waals surface area contributed by atoms with Crippen LogP contribution in [0.5, 0.6) is 5.75 Å². The second kappa shape index (κ2) is 7.67. The summed E-state index contributed by atoms with van der Waals surface area (Å²) in [6.07, 6.45) is 2.99. The van der Waals surface area contributed by atoms with Crippen LogP contribution in [0.15, 0.2) is 36.5 Å². The average molecular weight is 385 g/mol. The number of halogens is 2. The number of ether oxygens (including phenoxy) is 2. The van der Waals surface area contributed by atoms with Crippen LogP contribution in [-0.4, -0.2) is 34.6 Å². The molecule has 1 atom stereocenters. The molecule has 0 saturated carbocycles. The van der Waals surface area contributed by atoms with Crippen LogP contribution in [-0.2, 0) is 24.3 Å². The number of hydrogen-bond donors (Lipinski definition) is 0. The number of methoxy groups -OCH3 is 1. The van der Waals surface area contributed by atoms with Crippen molar-refractivity contribution in [2.75, 3.05) is 13.7 Å². The molecule has 0 fully saturated rings. The lowest BCUT2D eigenvalue weighted by molar-refractivity contribution is 0.0735. The minimum Gasteiger partial charge on any atom is -0.494 e. The summed E-state index contributed by atoms with van der Waals surface area (Å²) in [7, 11) is 1.43. The second-order valence-corrected chi connectivity index (χ2v) is 6.81. The van der Waals surface area contributed by atoms with Gasteiger partial charge in [-0.3, -0.25) is 4.98 Å². The molecule has 4 rings (SSSR count). The molecule has 28 heavy (non-hydrogen) atoms. The molecule has 1 unspecified atom stereocenters. The van der Waals surface area contributed by atoms with Crippen molar-refractivity contribution in [3.05, 3.63) is 59.3 Å². The fourth-order valence-electron chi connectivity index (χ4n) is 3.58. The predicted octanol–water partition coefficient (Wildman–Crippen LogP) is 4.06. The number of hydrogen-bond acceptors (Lipinski definition) is 4. The van der Waals surface area contributed by atoms with Crippen molar-refractivity contribution in [3.63, 3.8) is 0 Å². The standard InChI is InChI=1S/C21H21F2N3O2/c1-13-9-19-17(6-8-28-13)21(14-5-7-24-15(10-14)12-22)25-26(19)16-3-4-18(23)20(11-16)27-2/h3-5,7,10-11,13H,6,8-9,12H2,1-2H3. The summed E-state index contributed by atoms with van der Waals surface area (Å²) >= 11 is 0. The number of nitrogens with zero attached hydrogens (tertiary/aromatic N) is 3. The third-order valence-electron chi connectivity index (χ3n) is 4.93. The highest BCUT2D eigenvalue weighted by Gasteiger charge is 2.25. The monoisotopic (exact) mass is 385 g/mol. The lowest BCUT2D eigenvalue weighted by atomic mass is 10.0. The highest BCUT2D eigenvalue weighted by Crippen LogP contribution is 2.32. The van der Waals surface area contributed by atoms with Gasteiger partial charge >= 0.3 is 0 Å². The Morgan fingerprint density at radius 2 is 2.14 bits per heavy atom. The van der Waals surface area contributed by atoms with Crippen molar-refractivity contribution in [2.45, 2.75) is 32.5 Å². The summed E-state index contributed by atoms with van der Waals surface area (Å²) in [6.45, 7) is 1.97. The van der Waals surface area contributed by atoms with Gasteiger partial charge in [-0.25, -0.2) is 13.5 Å². The van der Waals surface area contributed by atoms with Crippen molar-refractivity contribution in [2.24, 2.45) is 0 Å². The number of aromatic nitrogens is 3. The van der Waals surface area contributed by atoms with Gasteiger partial charge in [0.05, 0.1) is 42.6 Å². The van der Waals surface area contributed by atoms with Crippen LogP contribution in [0.3, 0.4) is 0 Å². The van der Waals surface area contributed by atoms with Crippen LogP contribution < -0.4 is 4.74 Å². The summed E-state index contributed by atoms with van der Waals surface area (Å²) in [5.41, 5.74) is 4.71. The lowest BCUT2D eigenvalue weighted by Gasteiger charge is -2.12. The molecule has 1 aromatic carbocycles. The van der Waals surface area contributed by atoms with E-state index in [0.29, 0.717) is 30.8 Å². The molecule has 0 spiro atoms. The minimum atomic E-state index is -0.633. The van der Waals surface area contributed by atoms with Crippen LogP contribution in [0.2, 0.25) is 0 Å². The first-order valence-corrected chi connectivity index (χ1v) is 9.18. The highest BCUT2D eigenvalue weighted by molar-refractivity contribution is 5.65. The Morgan fingerprint density at radius 1 is 1.29 bits per heavy atom. The smallest absolute Gasteiger partial charge is 0.165 e. The maximum absolute atomic E-state index is 13.9. The van der Waals surface area contributed by atoms with Crippen LogP contribution in [0, 0.1) is 5.82 Å². The Bertz CT molecular complexity index is 1000. The number of rotatable bonds is 4. The topological polar surface area (TPSA) is 49.2 Å². The SMILES string of the molecule is COc1cc(-n2nc(-c3ccnc(CF)c3)c3c2CC(C)OCC3)ccc1F. The third-order valence-corrected chi connectivity index (χ3v) is 4.93. The maximum atomic E-state index is 13.9. The molecule has 0 saturated heterocycles. The molecule has 0 aliphatic carbocycles. The molecular formula is C21H21F2N3O2. The van der Waals surface area contributed by atoms with E-state index in [-0.39, 0.29) is 11.9 Å². The minimum absolute atomic E-state index is 0.0331. The Balaban J connectivity index is 1.90. The van der Waals surface area contributed by atoms with E-state index in [2.05, 4.69) is 4.98 Å². The van der Waals surface area contributed by atoms with E-state index in [9.17, 15) is 8.78 Å². The molecule has 0 bridgehead atoms. The van der Waals surface area contributed by atoms with Gasteiger partial charge < -0.3 is 9.47 Å². The van der Waals surface area contributed by atoms with Gasteiger partial charge in [0.1, 0.15) is 6.67 Å². The second-order valence-electron chi connectivity index (χ2n) is 6.81. The molecule has 146 valence electrons. The van der Waals surface area contributed by atoms with Crippen molar-refractivity contribution < 1.29 is 18.3 Å². The van der Waals surface area contributed by atoms with Crippen molar-refractivity contribution in [3.8, 4) is 22.7 Å². The van der Waals surface area contributed by atoms with Gasteiger partial charge in [0.15, 0.2) is 11.6 Å². The van der Waals surface area contributed by atoms with Gasteiger partial charge in [-0.05, 0) is 37.6 Å². The first-order chi connectivity index (χ1) is 13.6. The third kappa shape index (κ3) is 3.38. The summed E-state index contributed by atoms with van der Waals surface area (Å²) in [5, 5.41) is 4.82. The molecule has 0 N–H and O–H groups in total. The van der Waals surface area contributed by atoms with Crippen molar-refractivity contribution in [1.29, 1.82) is 0 Å². The molecule has 3 heterocycles. The van der Waals surface area contributed by atoms with Gasteiger partial charge in [-0.2, -0.15) is 5.10 Å². The Labute approximate surface area is 161 Å². The first kappa shape index (κ1) is 18.6. The quantitative estimate of drug-likeness (QED) is 0.680. The number of alkyl halides is 1. The van der Waals surface area contributed by atoms with Crippen molar-refractivity contribution in [1.82, 2.24) is 14.8 Å². The van der Waals surface area contributed by atoms with Gasteiger partial charge in [-0.15, -0.1) is 0 Å². The Hall–Kier alpha value is -2.80. The van der Waals surface area contributed by atoms with E-state index in [1.807, 2.05) is 17.7 Å². The molecule has 0 amide bonds. The zero-order valence-corrected chi connectivity index (χ0v) is 15.8. The van der Waals surface area contributed by atoms with E-state index in [0.717, 1.165) is 22.5 Å².